The van der Waals surface area contributed by atoms with Crippen molar-refractivity contribution in [3.63, 3.8) is 0 Å². The molecule has 1 aromatic carbocycles. The summed E-state index contributed by atoms with van der Waals surface area (Å²) in [4.78, 5) is 14.0. The molecular weight excluding hydrogens is 278 g/mol. The van der Waals surface area contributed by atoms with Crippen molar-refractivity contribution in [2.24, 2.45) is 0 Å². The van der Waals surface area contributed by atoms with Gasteiger partial charge < -0.3 is 15.2 Å². The smallest absolute Gasteiger partial charge is 0.255 e. The van der Waals surface area contributed by atoms with Crippen LogP contribution in [0.25, 0.3) is 0 Å². The quantitative estimate of drug-likeness (QED) is 0.883. The number of halogens is 1. The van der Waals surface area contributed by atoms with Crippen LogP contribution in [0.4, 0.5) is 5.69 Å². The number of carbonyl (C=O) groups is 1. The van der Waals surface area contributed by atoms with Crippen LogP contribution in [0.3, 0.4) is 0 Å². The number of nitrogens with zero attached hydrogens (tertiary/aromatic N) is 2. The molecule has 20 heavy (non-hydrogen) atoms. The molecule has 1 aromatic heterocycles. The molecule has 0 aliphatic carbocycles. The number of anilines is 1. The van der Waals surface area contributed by atoms with Gasteiger partial charge in [0.2, 0.25) is 0 Å². The van der Waals surface area contributed by atoms with E-state index in [4.69, 9.17) is 21.9 Å². The third kappa shape index (κ3) is 2.77. The van der Waals surface area contributed by atoms with Crippen molar-refractivity contribution in [1.82, 2.24) is 10.1 Å². The minimum atomic E-state index is -0.192. The predicted molar refractivity (Wildman–Crippen MR) is 77.6 cm³/mol. The van der Waals surface area contributed by atoms with E-state index in [1.807, 2.05) is 13.8 Å². The van der Waals surface area contributed by atoms with Gasteiger partial charge >= 0.3 is 0 Å². The highest BCUT2D eigenvalue weighted by Gasteiger charge is 2.19. The molecule has 2 rings (SSSR count). The zero-order valence-corrected chi connectivity index (χ0v) is 12.4. The van der Waals surface area contributed by atoms with Gasteiger partial charge in [-0.3, -0.25) is 4.79 Å². The Balaban J connectivity index is 2.23. The number of nitrogens with two attached hydrogens (primary N) is 1. The highest BCUT2D eigenvalue weighted by atomic mass is 35.5. The summed E-state index contributed by atoms with van der Waals surface area (Å²) in [7, 11) is 1.70. The second kappa shape index (κ2) is 5.54. The largest absolute Gasteiger partial charge is 0.399 e. The van der Waals surface area contributed by atoms with Crippen LogP contribution in [0.1, 0.15) is 27.4 Å². The van der Waals surface area contributed by atoms with Crippen LogP contribution in [0, 0.1) is 13.8 Å². The fourth-order valence-corrected chi connectivity index (χ4v) is 2.15. The molecule has 0 saturated carbocycles. The second-order valence-corrected chi connectivity index (χ2v) is 5.11. The van der Waals surface area contributed by atoms with Gasteiger partial charge in [0.25, 0.3) is 5.91 Å². The van der Waals surface area contributed by atoms with Gasteiger partial charge in [-0.1, -0.05) is 16.8 Å². The Kier molecular flexibility index (Phi) is 3.99. The molecule has 6 heteroatoms. The third-order valence-electron chi connectivity index (χ3n) is 3.14. The number of rotatable bonds is 3. The summed E-state index contributed by atoms with van der Waals surface area (Å²) in [5.41, 5.74) is 8.27. The first-order valence-corrected chi connectivity index (χ1v) is 6.50. The molecule has 5 nitrogen and oxygen atoms in total. The van der Waals surface area contributed by atoms with Crippen molar-refractivity contribution in [2.75, 3.05) is 12.8 Å². The predicted octanol–water partition coefficient (Wildman–Crippen LogP) is 2.80. The molecule has 0 saturated heterocycles. The molecule has 2 aromatic rings. The van der Waals surface area contributed by atoms with Crippen molar-refractivity contribution in [2.45, 2.75) is 20.4 Å². The number of hydrogen-bond donors (Lipinski definition) is 1. The molecule has 0 atom stereocenters. The first-order chi connectivity index (χ1) is 9.40. The Morgan fingerprint density at radius 3 is 2.75 bits per heavy atom. The molecule has 2 N–H and O–H groups in total. The van der Waals surface area contributed by atoms with Gasteiger partial charge in [0, 0.05) is 18.3 Å². The summed E-state index contributed by atoms with van der Waals surface area (Å²) < 4.78 is 5.09. The van der Waals surface area contributed by atoms with Crippen LogP contribution in [0.2, 0.25) is 5.02 Å². The van der Waals surface area contributed by atoms with E-state index in [1.54, 1.807) is 30.1 Å². The summed E-state index contributed by atoms with van der Waals surface area (Å²) in [5.74, 6) is 0.517. The summed E-state index contributed by atoms with van der Waals surface area (Å²) in [6, 6.07) is 4.86. The number of nitrogen functional groups attached to an aromatic ring is 1. The zero-order valence-electron chi connectivity index (χ0n) is 11.6. The fourth-order valence-electron chi connectivity index (χ4n) is 1.95. The fraction of sp³-hybridized carbons (Fsp3) is 0.286. The molecule has 0 spiro atoms. The lowest BCUT2D eigenvalue weighted by Crippen LogP contribution is -2.27. The number of benzene rings is 1. The normalized spacial score (nSPS) is 10.6. The van der Waals surface area contributed by atoms with Gasteiger partial charge in [0.15, 0.2) is 0 Å². The van der Waals surface area contributed by atoms with Gasteiger partial charge in [-0.25, -0.2) is 0 Å². The van der Waals surface area contributed by atoms with Gasteiger partial charge in [-0.15, -0.1) is 0 Å². The van der Waals surface area contributed by atoms with Crippen LogP contribution in [0.5, 0.6) is 0 Å². The second-order valence-electron chi connectivity index (χ2n) is 4.70. The minimum Gasteiger partial charge on any atom is -0.399 e. The molecule has 0 bridgehead atoms. The molecule has 1 amide bonds. The standard InChI is InChI=1S/C14H16ClN3O2/c1-8-12(9(2)20-17-8)7-18(3)14(19)11-6-10(16)4-5-13(11)15/h4-6H,7,16H2,1-3H3. The molecule has 106 valence electrons. The highest BCUT2D eigenvalue weighted by Crippen LogP contribution is 2.22. The molecule has 0 fully saturated rings. The van der Waals surface area contributed by atoms with E-state index in [0.717, 1.165) is 11.3 Å². The lowest BCUT2D eigenvalue weighted by molar-refractivity contribution is 0.0784. The SMILES string of the molecule is Cc1noc(C)c1CN(C)C(=O)c1cc(N)ccc1Cl. The summed E-state index contributed by atoms with van der Waals surface area (Å²) in [6.45, 7) is 4.07. The lowest BCUT2D eigenvalue weighted by atomic mass is 10.1. The minimum absolute atomic E-state index is 0.192. The highest BCUT2D eigenvalue weighted by molar-refractivity contribution is 6.33. The maximum absolute atomic E-state index is 12.4. The van der Waals surface area contributed by atoms with Crippen molar-refractivity contribution in [3.05, 3.63) is 45.8 Å². The maximum Gasteiger partial charge on any atom is 0.255 e. The summed E-state index contributed by atoms with van der Waals surface area (Å²) >= 11 is 6.05. The van der Waals surface area contributed by atoms with Crippen molar-refractivity contribution >= 4 is 23.2 Å². The van der Waals surface area contributed by atoms with E-state index in [9.17, 15) is 4.79 Å². The van der Waals surface area contributed by atoms with Crippen LogP contribution >= 0.6 is 11.6 Å². The van der Waals surface area contributed by atoms with Crippen molar-refractivity contribution in [1.29, 1.82) is 0 Å². The number of aryl methyl sites for hydroxylation is 2. The first-order valence-electron chi connectivity index (χ1n) is 6.12. The molecule has 0 aliphatic rings. The molecule has 0 radical (unpaired) electrons. The lowest BCUT2D eigenvalue weighted by Gasteiger charge is -2.18. The summed E-state index contributed by atoms with van der Waals surface area (Å²) in [6.07, 6.45) is 0. The van der Waals surface area contributed by atoms with Crippen LogP contribution in [-0.2, 0) is 6.54 Å². The van der Waals surface area contributed by atoms with Gasteiger partial charge in [-0.05, 0) is 32.0 Å². The van der Waals surface area contributed by atoms with Crippen molar-refractivity contribution in [3.8, 4) is 0 Å². The summed E-state index contributed by atoms with van der Waals surface area (Å²) in [5, 5.41) is 4.26. The molecular formula is C14H16ClN3O2. The monoisotopic (exact) mass is 293 g/mol. The van der Waals surface area contributed by atoms with E-state index >= 15 is 0 Å². The Morgan fingerprint density at radius 2 is 2.15 bits per heavy atom. The van der Waals surface area contributed by atoms with Crippen LogP contribution in [0.15, 0.2) is 22.7 Å². The van der Waals surface area contributed by atoms with E-state index in [1.165, 1.54) is 0 Å². The maximum atomic E-state index is 12.4. The average Bonchev–Trinajstić information content (AvgIpc) is 2.72. The van der Waals surface area contributed by atoms with Crippen LogP contribution < -0.4 is 5.73 Å². The Morgan fingerprint density at radius 1 is 1.45 bits per heavy atom. The van der Waals surface area contributed by atoms with Crippen LogP contribution in [-0.4, -0.2) is 23.0 Å². The number of aromatic nitrogens is 1. The third-order valence-corrected chi connectivity index (χ3v) is 3.47. The Bertz CT molecular complexity index is 632. The van der Waals surface area contributed by atoms with E-state index in [2.05, 4.69) is 5.16 Å². The zero-order chi connectivity index (χ0) is 14.9. The first kappa shape index (κ1) is 14.4. The number of hydrogen-bond acceptors (Lipinski definition) is 4. The molecule has 0 aliphatic heterocycles. The van der Waals surface area contributed by atoms with Gasteiger partial charge in [-0.2, -0.15) is 0 Å². The van der Waals surface area contributed by atoms with Gasteiger partial charge in [0.1, 0.15) is 5.76 Å². The van der Waals surface area contributed by atoms with E-state index < -0.39 is 0 Å². The van der Waals surface area contributed by atoms with E-state index in [-0.39, 0.29) is 5.91 Å². The van der Waals surface area contributed by atoms with Gasteiger partial charge in [0.05, 0.1) is 22.8 Å². The Labute approximate surface area is 122 Å². The average molecular weight is 294 g/mol. The van der Waals surface area contributed by atoms with E-state index in [0.29, 0.717) is 28.6 Å². The molecule has 0 unspecified atom stereocenters. The number of carbonyl (C=O) groups excluding carboxylic acids is 1. The number of amides is 1. The topological polar surface area (TPSA) is 72.4 Å². The Hall–Kier alpha value is -2.01. The van der Waals surface area contributed by atoms with Crippen molar-refractivity contribution < 1.29 is 9.32 Å². The molecule has 1 heterocycles.